The number of guanidine groups is 1. The van der Waals surface area contributed by atoms with Gasteiger partial charge in [0.1, 0.15) is 0 Å². The summed E-state index contributed by atoms with van der Waals surface area (Å²) in [7, 11) is -1.55. The van der Waals surface area contributed by atoms with Gasteiger partial charge in [-0.25, -0.2) is 0 Å². The summed E-state index contributed by atoms with van der Waals surface area (Å²) >= 11 is 0. The van der Waals surface area contributed by atoms with E-state index in [1.54, 1.807) is 24.3 Å². The van der Waals surface area contributed by atoms with Gasteiger partial charge in [-0.1, -0.05) is 24.3 Å². The van der Waals surface area contributed by atoms with Crippen molar-refractivity contribution in [3.8, 4) is 0 Å². The van der Waals surface area contributed by atoms with E-state index in [4.69, 9.17) is 21.5 Å². The van der Waals surface area contributed by atoms with Crippen molar-refractivity contribution in [3.05, 3.63) is 29.8 Å². The molecule has 0 aromatic heterocycles. The van der Waals surface area contributed by atoms with Crippen LogP contribution < -0.4 is 16.9 Å². The zero-order valence-electron chi connectivity index (χ0n) is 7.91. The maximum atomic E-state index is 9.02. The molecule has 6 N–H and O–H groups in total. The molecular weight excluding hydrogens is 195 g/mol. The number of hydrogen-bond donors (Lipinski definition) is 4. The normalized spacial score (nSPS) is 10.3. The van der Waals surface area contributed by atoms with Crippen molar-refractivity contribution >= 4 is 24.8 Å². The third-order valence-electron chi connectivity index (χ3n) is 1.64. The van der Waals surface area contributed by atoms with Gasteiger partial charge in [-0.05, 0) is 11.0 Å². The summed E-state index contributed by atoms with van der Waals surface area (Å²) in [6, 6.07) is 6.66. The average molecular weight is 206 g/mol. The van der Waals surface area contributed by atoms with E-state index in [2.05, 4.69) is 10.2 Å². The lowest BCUT2D eigenvalue weighted by Crippen LogP contribution is -2.32. The highest BCUT2D eigenvalue weighted by atomic mass is 16.4. The Bertz CT molecular complexity index is 388. The molecule has 0 radical (unpaired) electrons. The number of rotatable bonds is 3. The van der Waals surface area contributed by atoms with Gasteiger partial charge in [0.05, 0.1) is 6.21 Å². The van der Waals surface area contributed by atoms with E-state index in [1.165, 1.54) is 6.21 Å². The van der Waals surface area contributed by atoms with Crippen molar-refractivity contribution in [2.45, 2.75) is 0 Å². The highest BCUT2D eigenvalue weighted by Gasteiger charge is 2.13. The predicted molar refractivity (Wildman–Crippen MR) is 59.7 cm³/mol. The smallest absolute Gasteiger partial charge is 0.423 e. The summed E-state index contributed by atoms with van der Waals surface area (Å²) in [5, 5.41) is 25.0. The molecule has 1 aromatic carbocycles. The lowest BCUT2D eigenvalue weighted by atomic mass is 9.77. The quantitative estimate of drug-likeness (QED) is 0.197. The SMILES string of the molecule is NC(N)=NN=Cc1ccccc1B(O)O. The summed E-state index contributed by atoms with van der Waals surface area (Å²) in [6.45, 7) is 0. The number of hydrogen-bond acceptors (Lipinski definition) is 4. The molecule has 0 heterocycles. The largest absolute Gasteiger partial charge is 0.489 e. The van der Waals surface area contributed by atoms with Crippen LogP contribution in [-0.4, -0.2) is 29.3 Å². The summed E-state index contributed by atoms with van der Waals surface area (Å²) in [5.41, 5.74) is 11.0. The highest BCUT2D eigenvalue weighted by molar-refractivity contribution is 6.60. The Labute approximate surface area is 87.1 Å². The Morgan fingerprint density at radius 3 is 2.53 bits per heavy atom. The summed E-state index contributed by atoms with van der Waals surface area (Å²) in [4.78, 5) is 0. The summed E-state index contributed by atoms with van der Waals surface area (Å²) in [5.74, 6) is -0.159. The van der Waals surface area contributed by atoms with Gasteiger partial charge in [0.15, 0.2) is 0 Å². The van der Waals surface area contributed by atoms with Gasteiger partial charge in [-0.3, -0.25) is 0 Å². The molecule has 0 amide bonds. The molecule has 0 unspecified atom stereocenters. The minimum atomic E-state index is -1.55. The minimum absolute atomic E-state index is 0.159. The van der Waals surface area contributed by atoms with Crippen LogP contribution in [0, 0.1) is 0 Å². The molecule has 0 spiro atoms. The maximum Gasteiger partial charge on any atom is 0.489 e. The standard InChI is InChI=1S/C8H11BN4O2/c10-8(11)13-12-5-6-3-1-2-4-7(6)9(14)15/h1-5,14-15H,(H4,10,11,13). The molecule has 0 fully saturated rings. The molecule has 0 atom stereocenters. The first kappa shape index (κ1) is 11.2. The van der Waals surface area contributed by atoms with Crippen molar-refractivity contribution < 1.29 is 10.0 Å². The molecule has 0 saturated heterocycles. The van der Waals surface area contributed by atoms with Crippen molar-refractivity contribution in [3.63, 3.8) is 0 Å². The Kier molecular flexibility index (Phi) is 3.84. The Hall–Kier alpha value is -1.86. The van der Waals surface area contributed by atoms with Crippen LogP contribution in [0.1, 0.15) is 5.56 Å². The molecule has 0 bridgehead atoms. The van der Waals surface area contributed by atoms with Gasteiger partial charge in [0, 0.05) is 0 Å². The molecule has 7 heteroatoms. The summed E-state index contributed by atoms with van der Waals surface area (Å²) in [6.07, 6.45) is 1.34. The van der Waals surface area contributed by atoms with Crippen molar-refractivity contribution in [2.24, 2.45) is 21.7 Å². The third-order valence-corrected chi connectivity index (χ3v) is 1.64. The van der Waals surface area contributed by atoms with Crippen molar-refractivity contribution in [2.75, 3.05) is 0 Å². The second kappa shape index (κ2) is 5.13. The van der Waals surface area contributed by atoms with Gasteiger partial charge >= 0.3 is 7.12 Å². The molecule has 15 heavy (non-hydrogen) atoms. The fraction of sp³-hybridized carbons (Fsp3) is 0. The van der Waals surface area contributed by atoms with Gasteiger partial charge in [0.25, 0.3) is 0 Å². The van der Waals surface area contributed by atoms with E-state index in [9.17, 15) is 0 Å². The van der Waals surface area contributed by atoms with Crippen LogP contribution in [0.2, 0.25) is 0 Å². The van der Waals surface area contributed by atoms with Crippen LogP contribution in [0.15, 0.2) is 34.5 Å². The Morgan fingerprint density at radius 1 is 1.27 bits per heavy atom. The molecule has 0 aliphatic heterocycles. The molecular formula is C8H11BN4O2. The topological polar surface area (TPSA) is 117 Å². The van der Waals surface area contributed by atoms with E-state index < -0.39 is 7.12 Å². The fourth-order valence-electron chi connectivity index (χ4n) is 1.02. The molecule has 1 rings (SSSR count). The third kappa shape index (κ3) is 3.41. The van der Waals surface area contributed by atoms with Crippen LogP contribution in [0.3, 0.4) is 0 Å². The van der Waals surface area contributed by atoms with Gasteiger partial charge in [-0.15, -0.1) is 5.10 Å². The van der Waals surface area contributed by atoms with Crippen LogP contribution >= 0.6 is 0 Å². The molecule has 6 nitrogen and oxygen atoms in total. The van der Waals surface area contributed by atoms with Crippen molar-refractivity contribution in [1.29, 1.82) is 0 Å². The Morgan fingerprint density at radius 2 is 1.93 bits per heavy atom. The molecule has 1 aromatic rings. The monoisotopic (exact) mass is 206 g/mol. The first-order valence-corrected chi connectivity index (χ1v) is 4.18. The lowest BCUT2D eigenvalue weighted by Gasteiger charge is -2.02. The molecule has 0 aliphatic rings. The molecule has 78 valence electrons. The Balaban J connectivity index is 2.94. The van der Waals surface area contributed by atoms with Crippen LogP contribution in [-0.2, 0) is 0 Å². The van der Waals surface area contributed by atoms with Gasteiger partial charge in [0.2, 0.25) is 5.96 Å². The zero-order valence-corrected chi connectivity index (χ0v) is 7.91. The molecule has 0 saturated carbocycles. The van der Waals surface area contributed by atoms with Crippen molar-refractivity contribution in [1.82, 2.24) is 0 Å². The van der Waals surface area contributed by atoms with E-state index in [1.807, 2.05) is 0 Å². The minimum Gasteiger partial charge on any atom is -0.423 e. The number of nitrogens with two attached hydrogens (primary N) is 2. The fourth-order valence-corrected chi connectivity index (χ4v) is 1.02. The average Bonchev–Trinajstić information content (AvgIpc) is 2.17. The number of benzene rings is 1. The number of nitrogens with zero attached hydrogens (tertiary/aromatic N) is 2. The van der Waals surface area contributed by atoms with Crippen LogP contribution in [0.25, 0.3) is 0 Å². The van der Waals surface area contributed by atoms with Gasteiger partial charge < -0.3 is 21.5 Å². The predicted octanol–water partition coefficient (Wildman–Crippen LogP) is -2.03. The van der Waals surface area contributed by atoms with Crippen LogP contribution in [0.4, 0.5) is 0 Å². The highest BCUT2D eigenvalue weighted by Crippen LogP contribution is 1.93. The molecule has 0 aliphatic carbocycles. The maximum absolute atomic E-state index is 9.02. The van der Waals surface area contributed by atoms with Crippen LogP contribution in [0.5, 0.6) is 0 Å². The first-order chi connectivity index (χ1) is 7.11. The first-order valence-electron chi connectivity index (χ1n) is 4.18. The lowest BCUT2D eigenvalue weighted by molar-refractivity contribution is 0.425. The van der Waals surface area contributed by atoms with E-state index in [0.29, 0.717) is 11.0 Å². The zero-order chi connectivity index (χ0) is 11.3. The van der Waals surface area contributed by atoms with Gasteiger partial charge in [-0.2, -0.15) is 5.10 Å². The summed E-state index contributed by atoms with van der Waals surface area (Å²) < 4.78 is 0. The van der Waals surface area contributed by atoms with E-state index >= 15 is 0 Å². The van der Waals surface area contributed by atoms with E-state index in [0.717, 1.165) is 0 Å². The second-order valence-electron chi connectivity index (χ2n) is 2.77. The second-order valence-corrected chi connectivity index (χ2v) is 2.77. The van der Waals surface area contributed by atoms with E-state index in [-0.39, 0.29) is 5.96 Å².